The van der Waals surface area contributed by atoms with Gasteiger partial charge in [-0.3, -0.25) is 0 Å². The van der Waals surface area contributed by atoms with Crippen LogP contribution in [-0.4, -0.2) is 35.1 Å². The fourth-order valence-electron chi connectivity index (χ4n) is 1.95. The van der Waals surface area contributed by atoms with Crippen molar-refractivity contribution in [3.63, 3.8) is 0 Å². The highest BCUT2D eigenvalue weighted by Crippen LogP contribution is 2.36. The van der Waals surface area contributed by atoms with Gasteiger partial charge < -0.3 is 14.0 Å². The summed E-state index contributed by atoms with van der Waals surface area (Å²) in [6, 6.07) is -3.19. The Morgan fingerprint density at radius 1 is 1.18 bits per heavy atom. The van der Waals surface area contributed by atoms with Crippen LogP contribution in [0.15, 0.2) is 36.4 Å². The van der Waals surface area contributed by atoms with Crippen LogP contribution in [0.3, 0.4) is 0 Å². The number of hydrogen-bond acceptors (Lipinski definition) is 4. The third-order valence-electron chi connectivity index (χ3n) is 3.92. The quantitative estimate of drug-likeness (QED) is 0.815. The molecule has 22 heavy (non-hydrogen) atoms. The molecule has 0 bridgehead atoms. The molecule has 0 radical (unpaired) electrons. The Morgan fingerprint density at radius 3 is 2.55 bits per heavy atom. The van der Waals surface area contributed by atoms with E-state index in [-0.39, 0.29) is 5.59 Å². The van der Waals surface area contributed by atoms with E-state index < -0.39 is 73.2 Å². The first-order valence-corrected chi connectivity index (χ1v) is 6.70. The van der Waals surface area contributed by atoms with E-state index in [4.69, 9.17) is 26.4 Å². The topological polar surface area (TPSA) is 45.5 Å². The van der Waals surface area contributed by atoms with Crippen LogP contribution < -0.4 is 10.3 Å². The third kappa shape index (κ3) is 2.42. The molecule has 2 aromatic rings. The molecule has 0 unspecified atom stereocenters. The lowest BCUT2D eigenvalue weighted by Gasteiger charge is -2.32. The molecule has 3 rings (SSSR count). The van der Waals surface area contributed by atoms with E-state index in [9.17, 15) is 0 Å². The second-order valence-corrected chi connectivity index (χ2v) is 5.90. The number of para-hydroxylation sites is 2. The summed E-state index contributed by atoms with van der Waals surface area (Å²) in [6.45, 7) is 7.19. The Morgan fingerprint density at radius 2 is 1.86 bits per heavy atom. The van der Waals surface area contributed by atoms with Gasteiger partial charge in [0.1, 0.15) is 11.4 Å². The molecule has 0 spiro atoms. The molecular weight excluding hydrogens is 279 g/mol. The highest BCUT2D eigenvalue weighted by atomic mass is 16.7. The number of rotatable bonds is 3. The second kappa shape index (κ2) is 5.14. The maximum absolute atomic E-state index is 8.29. The van der Waals surface area contributed by atoms with Gasteiger partial charge in [0, 0.05) is 6.17 Å². The van der Waals surface area contributed by atoms with Gasteiger partial charge in [-0.1, -0.05) is 12.1 Å². The molecule has 0 aliphatic carbocycles. The molecule has 0 saturated carbocycles. The third-order valence-corrected chi connectivity index (χ3v) is 3.92. The molecule has 6 heteroatoms. The minimum atomic E-state index is -3.03. The lowest BCUT2D eigenvalue weighted by molar-refractivity contribution is 0.00578. The Hall–Kier alpha value is -1.79. The average Bonchev–Trinajstić information content (AvgIpc) is 3.03. The van der Waals surface area contributed by atoms with Crippen molar-refractivity contribution in [2.24, 2.45) is 0 Å². The van der Waals surface area contributed by atoms with Crippen molar-refractivity contribution >= 4 is 12.7 Å². The minimum absolute atomic E-state index is 0.0871. The van der Waals surface area contributed by atoms with Gasteiger partial charge in [0.25, 0.3) is 0 Å². The Kier molecular flexibility index (Phi) is 1.79. The summed E-state index contributed by atoms with van der Waals surface area (Å²) < 4.78 is 87.9. The van der Waals surface area contributed by atoms with Crippen LogP contribution in [0.2, 0.25) is 0 Å². The Bertz CT molecular complexity index is 1040. The number of nitrogens with zero attached hydrogens (tertiary/aromatic N) is 2. The molecule has 116 valence electrons. The van der Waals surface area contributed by atoms with Crippen LogP contribution in [0, 0.1) is 0 Å². The van der Waals surface area contributed by atoms with Gasteiger partial charge in [0.05, 0.1) is 36.2 Å². The average molecular weight is 309 g/mol. The standard InChI is InChI=1S/C16H21BN2O3/c1-15(2)16(3,4)22-17(21-15)14-10-11-19(18-14)12-8-6-7-9-13(12)20-5/h6-11H,1-5H3/i5D3,6D,7D,8D,9D,10D,11D. The summed E-state index contributed by atoms with van der Waals surface area (Å²) in [5.41, 5.74) is -2.08. The van der Waals surface area contributed by atoms with Gasteiger partial charge >= 0.3 is 7.12 Å². The van der Waals surface area contributed by atoms with E-state index in [1.54, 1.807) is 27.7 Å². The van der Waals surface area contributed by atoms with Crippen molar-refractivity contribution in [1.82, 2.24) is 9.78 Å². The number of benzene rings is 1. The highest BCUT2D eigenvalue weighted by molar-refractivity contribution is 6.61. The van der Waals surface area contributed by atoms with Crippen molar-refractivity contribution < 1.29 is 26.4 Å². The summed E-state index contributed by atoms with van der Waals surface area (Å²) in [7, 11) is -4.13. The maximum atomic E-state index is 8.29. The Balaban J connectivity index is 2.23. The molecule has 0 atom stereocenters. The summed E-state index contributed by atoms with van der Waals surface area (Å²) in [5.74, 6) is -0.706. The maximum Gasteiger partial charge on any atom is 0.516 e. The molecule has 0 N–H and O–H groups in total. The zero-order valence-electron chi connectivity index (χ0n) is 21.7. The van der Waals surface area contributed by atoms with Crippen molar-refractivity contribution in [3.05, 3.63) is 36.4 Å². The lowest BCUT2D eigenvalue weighted by atomic mass is 9.85. The lowest BCUT2D eigenvalue weighted by Crippen LogP contribution is -2.41. The largest absolute Gasteiger partial charge is 0.516 e. The normalized spacial score (nSPS) is 25.8. The first-order chi connectivity index (χ1) is 14.0. The molecule has 1 aliphatic rings. The van der Waals surface area contributed by atoms with Gasteiger partial charge in [-0.15, -0.1) is 0 Å². The second-order valence-electron chi connectivity index (χ2n) is 5.90. The first kappa shape index (κ1) is 7.66. The van der Waals surface area contributed by atoms with E-state index in [0.29, 0.717) is 0 Å². The monoisotopic (exact) mass is 309 g/mol. The SMILES string of the molecule is [2H]c1c([2H])c([2H])c(-n2nc(B3OC(C)(C)C(C)(C)O3)c([2H])c2[2H])c(OC([2H])([2H])[2H])c1[2H]. The van der Waals surface area contributed by atoms with Gasteiger partial charge in [0.2, 0.25) is 0 Å². The fraction of sp³-hybridized carbons (Fsp3) is 0.438. The van der Waals surface area contributed by atoms with Gasteiger partial charge in [-0.05, 0) is 45.8 Å². The van der Waals surface area contributed by atoms with Crippen molar-refractivity contribution in [1.29, 1.82) is 0 Å². The van der Waals surface area contributed by atoms with Crippen LogP contribution in [0.4, 0.5) is 0 Å². The number of aromatic nitrogens is 2. The molecule has 1 fully saturated rings. The van der Waals surface area contributed by atoms with E-state index in [1.807, 2.05) is 0 Å². The van der Waals surface area contributed by atoms with E-state index in [1.165, 1.54) is 0 Å². The zero-order chi connectivity index (χ0) is 23.7. The van der Waals surface area contributed by atoms with Crippen LogP contribution in [0.25, 0.3) is 5.69 Å². The van der Waals surface area contributed by atoms with E-state index in [0.717, 1.165) is 4.68 Å². The Labute approximate surface area is 144 Å². The number of hydrogen-bond donors (Lipinski definition) is 0. The van der Waals surface area contributed by atoms with Gasteiger partial charge in [-0.25, -0.2) is 4.68 Å². The van der Waals surface area contributed by atoms with E-state index in [2.05, 4.69) is 5.10 Å². The minimum Gasteiger partial charge on any atom is -0.494 e. The fourth-order valence-corrected chi connectivity index (χ4v) is 1.95. The van der Waals surface area contributed by atoms with Crippen LogP contribution >= 0.6 is 0 Å². The van der Waals surface area contributed by atoms with Crippen LogP contribution in [0.5, 0.6) is 5.75 Å². The van der Waals surface area contributed by atoms with Gasteiger partial charge in [0.15, 0.2) is 0 Å². The van der Waals surface area contributed by atoms with Crippen LogP contribution in [-0.2, 0) is 9.31 Å². The summed E-state index contributed by atoms with van der Waals surface area (Å²) in [6.07, 6.45) is -0.551. The zero-order valence-corrected chi connectivity index (χ0v) is 12.7. The van der Waals surface area contributed by atoms with Crippen molar-refractivity contribution in [3.8, 4) is 11.4 Å². The molecular formula is C16H21BN2O3. The summed E-state index contributed by atoms with van der Waals surface area (Å²) in [5, 5.41) is 4.14. The highest BCUT2D eigenvalue weighted by Gasteiger charge is 2.52. The first-order valence-electron chi connectivity index (χ1n) is 11.2. The van der Waals surface area contributed by atoms with Crippen molar-refractivity contribution in [2.75, 3.05) is 7.04 Å². The molecule has 1 aliphatic heterocycles. The molecule has 1 aromatic carbocycles. The molecule has 0 amide bonds. The summed E-state index contributed by atoms with van der Waals surface area (Å²) >= 11 is 0. The smallest absolute Gasteiger partial charge is 0.494 e. The number of methoxy groups -OCH3 is 1. The molecule has 5 nitrogen and oxygen atoms in total. The van der Waals surface area contributed by atoms with Crippen molar-refractivity contribution in [2.45, 2.75) is 38.9 Å². The predicted octanol–water partition coefficient (Wildman–Crippen LogP) is 2.18. The van der Waals surface area contributed by atoms with Gasteiger partial charge in [-0.2, -0.15) is 5.10 Å². The molecule has 1 aromatic heterocycles. The summed E-state index contributed by atoms with van der Waals surface area (Å²) in [4.78, 5) is 0. The predicted molar refractivity (Wildman–Crippen MR) is 85.8 cm³/mol. The number of ether oxygens (including phenoxy) is 1. The molecule has 2 heterocycles. The van der Waals surface area contributed by atoms with E-state index >= 15 is 0 Å². The van der Waals surface area contributed by atoms with Crippen LogP contribution in [0.1, 0.15) is 40.0 Å². The molecule has 1 saturated heterocycles.